The van der Waals surface area contributed by atoms with Gasteiger partial charge in [-0.2, -0.15) is 0 Å². The van der Waals surface area contributed by atoms with Gasteiger partial charge in [-0.3, -0.25) is 4.79 Å². The Bertz CT molecular complexity index is 894. The van der Waals surface area contributed by atoms with Crippen LogP contribution >= 0.6 is 11.6 Å². The third-order valence-corrected chi connectivity index (χ3v) is 6.99. The Morgan fingerprint density at radius 3 is 2.41 bits per heavy atom. The molecule has 0 spiro atoms. The second-order valence-corrected chi connectivity index (χ2v) is 9.20. The minimum Gasteiger partial charge on any atom is -0.315 e. The van der Waals surface area contributed by atoms with Crippen LogP contribution < -0.4 is 4.90 Å². The molecular formula is C20H23ClN2O3S. The second kappa shape index (κ2) is 8.42. The van der Waals surface area contributed by atoms with Gasteiger partial charge in [-0.1, -0.05) is 41.9 Å². The van der Waals surface area contributed by atoms with E-state index in [1.807, 2.05) is 30.3 Å². The van der Waals surface area contributed by atoms with Crippen molar-refractivity contribution in [1.29, 1.82) is 0 Å². The Balaban J connectivity index is 1.60. The highest BCUT2D eigenvalue weighted by Gasteiger charge is 2.32. The highest BCUT2D eigenvalue weighted by Crippen LogP contribution is 2.25. The minimum atomic E-state index is -3.42. The summed E-state index contributed by atoms with van der Waals surface area (Å²) in [6.45, 7) is 0.726. The van der Waals surface area contributed by atoms with Crippen molar-refractivity contribution in [2.24, 2.45) is 5.92 Å². The van der Waals surface area contributed by atoms with Crippen molar-refractivity contribution in [3.05, 3.63) is 65.2 Å². The molecule has 0 atom stereocenters. The van der Waals surface area contributed by atoms with E-state index in [-0.39, 0.29) is 17.6 Å². The Kier molecular flexibility index (Phi) is 6.19. The lowest BCUT2D eigenvalue weighted by atomic mass is 9.96. The average Bonchev–Trinajstić information content (AvgIpc) is 2.67. The number of para-hydroxylation sites is 1. The third-order valence-electron chi connectivity index (χ3n) is 4.91. The van der Waals surface area contributed by atoms with Gasteiger partial charge in [0.15, 0.2) is 0 Å². The summed E-state index contributed by atoms with van der Waals surface area (Å²) in [7, 11) is -1.66. The molecule has 2 aromatic carbocycles. The standard InChI is InChI=1S/C20H23ClN2O3S/c1-22(19-8-3-2-4-9-19)20(24)17-10-12-23(13-11-17)27(25,26)15-16-6-5-7-18(21)14-16/h2-9,14,17H,10-13,15H2,1H3. The van der Waals surface area contributed by atoms with E-state index in [1.54, 1.807) is 36.2 Å². The Morgan fingerprint density at radius 1 is 1.11 bits per heavy atom. The molecule has 5 nitrogen and oxygen atoms in total. The molecule has 0 aliphatic carbocycles. The molecule has 0 bridgehead atoms. The van der Waals surface area contributed by atoms with E-state index in [1.165, 1.54) is 4.31 Å². The molecule has 0 unspecified atom stereocenters. The monoisotopic (exact) mass is 406 g/mol. The molecule has 1 saturated heterocycles. The maximum Gasteiger partial charge on any atom is 0.229 e. The van der Waals surface area contributed by atoms with E-state index >= 15 is 0 Å². The summed E-state index contributed by atoms with van der Waals surface area (Å²) >= 11 is 5.94. The van der Waals surface area contributed by atoms with Crippen LogP contribution in [-0.4, -0.2) is 38.8 Å². The van der Waals surface area contributed by atoms with Crippen LogP contribution in [0, 0.1) is 5.92 Å². The zero-order chi connectivity index (χ0) is 19.4. The molecule has 1 fully saturated rings. The fourth-order valence-corrected chi connectivity index (χ4v) is 5.13. The number of sulfonamides is 1. The zero-order valence-electron chi connectivity index (χ0n) is 15.2. The minimum absolute atomic E-state index is 0.0353. The van der Waals surface area contributed by atoms with Crippen LogP contribution in [0.4, 0.5) is 5.69 Å². The fraction of sp³-hybridized carbons (Fsp3) is 0.350. The van der Waals surface area contributed by atoms with Crippen LogP contribution in [-0.2, 0) is 20.6 Å². The van der Waals surface area contributed by atoms with E-state index in [9.17, 15) is 13.2 Å². The Morgan fingerprint density at radius 2 is 1.78 bits per heavy atom. The van der Waals surface area contributed by atoms with Crippen molar-refractivity contribution in [2.45, 2.75) is 18.6 Å². The van der Waals surface area contributed by atoms with Crippen LogP contribution in [0.5, 0.6) is 0 Å². The van der Waals surface area contributed by atoms with Gasteiger partial charge in [-0.25, -0.2) is 12.7 Å². The van der Waals surface area contributed by atoms with Crippen molar-refractivity contribution in [2.75, 3.05) is 25.0 Å². The van der Waals surface area contributed by atoms with Crippen LogP contribution in [0.1, 0.15) is 18.4 Å². The van der Waals surface area contributed by atoms with Gasteiger partial charge in [-0.05, 0) is 42.7 Å². The number of amides is 1. The van der Waals surface area contributed by atoms with Gasteiger partial charge in [0.2, 0.25) is 15.9 Å². The SMILES string of the molecule is CN(C(=O)C1CCN(S(=O)(=O)Cc2cccc(Cl)c2)CC1)c1ccccc1. The van der Waals surface area contributed by atoms with Gasteiger partial charge in [0.1, 0.15) is 0 Å². The largest absolute Gasteiger partial charge is 0.315 e. The molecule has 2 aromatic rings. The first kappa shape index (κ1) is 19.9. The molecule has 0 aromatic heterocycles. The van der Waals surface area contributed by atoms with Gasteiger partial charge < -0.3 is 4.90 Å². The van der Waals surface area contributed by atoms with Crippen LogP contribution in [0.25, 0.3) is 0 Å². The summed E-state index contributed by atoms with van der Waals surface area (Å²) in [5.74, 6) is -0.197. The summed E-state index contributed by atoms with van der Waals surface area (Å²) in [5, 5.41) is 0.524. The Hall–Kier alpha value is -1.89. The number of anilines is 1. The van der Waals surface area contributed by atoms with Crippen molar-refractivity contribution in [3.63, 3.8) is 0 Å². The Labute approximate surface area is 165 Å². The van der Waals surface area contributed by atoms with E-state index in [0.29, 0.717) is 36.5 Å². The molecule has 144 valence electrons. The normalized spacial score (nSPS) is 16.2. The first-order chi connectivity index (χ1) is 12.9. The number of hydrogen-bond acceptors (Lipinski definition) is 3. The first-order valence-electron chi connectivity index (χ1n) is 8.92. The number of benzene rings is 2. The van der Waals surface area contributed by atoms with E-state index in [4.69, 9.17) is 11.6 Å². The lowest BCUT2D eigenvalue weighted by Crippen LogP contribution is -2.43. The predicted octanol–water partition coefficient (Wildman–Crippen LogP) is 3.54. The third kappa shape index (κ3) is 4.89. The fourth-order valence-electron chi connectivity index (χ4n) is 3.36. The van der Waals surface area contributed by atoms with Crippen molar-refractivity contribution in [3.8, 4) is 0 Å². The quantitative estimate of drug-likeness (QED) is 0.763. The van der Waals surface area contributed by atoms with Gasteiger partial charge in [-0.15, -0.1) is 0 Å². The molecule has 27 heavy (non-hydrogen) atoms. The maximum atomic E-state index is 12.7. The predicted molar refractivity (Wildman–Crippen MR) is 108 cm³/mol. The highest BCUT2D eigenvalue weighted by molar-refractivity contribution is 7.88. The topological polar surface area (TPSA) is 57.7 Å². The van der Waals surface area contributed by atoms with Crippen molar-refractivity contribution in [1.82, 2.24) is 4.31 Å². The first-order valence-corrected chi connectivity index (χ1v) is 10.9. The zero-order valence-corrected chi connectivity index (χ0v) is 16.8. The molecule has 3 rings (SSSR count). The molecule has 1 heterocycles. The van der Waals surface area contributed by atoms with Gasteiger partial charge in [0, 0.05) is 36.8 Å². The van der Waals surface area contributed by atoms with E-state index in [0.717, 1.165) is 5.69 Å². The summed E-state index contributed by atoms with van der Waals surface area (Å²) in [6.07, 6.45) is 1.07. The number of piperidine rings is 1. The number of halogens is 1. The number of carbonyl (C=O) groups excluding carboxylic acids is 1. The summed E-state index contributed by atoms with van der Waals surface area (Å²) in [4.78, 5) is 14.4. The lowest BCUT2D eigenvalue weighted by molar-refractivity contribution is -0.123. The summed E-state index contributed by atoms with van der Waals surface area (Å²) < 4.78 is 26.9. The molecule has 1 aliphatic rings. The van der Waals surface area contributed by atoms with Gasteiger partial charge >= 0.3 is 0 Å². The van der Waals surface area contributed by atoms with Crippen LogP contribution in [0.2, 0.25) is 5.02 Å². The van der Waals surface area contributed by atoms with E-state index < -0.39 is 10.0 Å². The van der Waals surface area contributed by atoms with Crippen molar-refractivity contribution < 1.29 is 13.2 Å². The molecular weight excluding hydrogens is 384 g/mol. The number of hydrogen-bond donors (Lipinski definition) is 0. The second-order valence-electron chi connectivity index (χ2n) is 6.79. The molecule has 0 saturated carbocycles. The van der Waals surface area contributed by atoms with Crippen LogP contribution in [0.15, 0.2) is 54.6 Å². The maximum absolute atomic E-state index is 12.7. The molecule has 1 amide bonds. The summed E-state index contributed by atoms with van der Waals surface area (Å²) in [6, 6.07) is 16.4. The van der Waals surface area contributed by atoms with Gasteiger partial charge in [0.25, 0.3) is 0 Å². The van der Waals surface area contributed by atoms with Crippen LogP contribution in [0.3, 0.4) is 0 Å². The number of carbonyl (C=O) groups is 1. The van der Waals surface area contributed by atoms with Crippen molar-refractivity contribution >= 4 is 33.2 Å². The molecule has 0 N–H and O–H groups in total. The smallest absolute Gasteiger partial charge is 0.229 e. The number of rotatable bonds is 5. The van der Waals surface area contributed by atoms with E-state index in [2.05, 4.69) is 0 Å². The summed E-state index contributed by atoms with van der Waals surface area (Å²) in [5.41, 5.74) is 1.52. The molecule has 7 heteroatoms. The lowest BCUT2D eigenvalue weighted by Gasteiger charge is -2.32. The average molecular weight is 407 g/mol. The molecule has 0 radical (unpaired) electrons. The number of nitrogens with zero attached hydrogens (tertiary/aromatic N) is 2. The molecule has 1 aliphatic heterocycles. The highest BCUT2D eigenvalue weighted by atomic mass is 35.5. The van der Waals surface area contributed by atoms with Gasteiger partial charge in [0.05, 0.1) is 5.75 Å².